The fraction of sp³-hybridized carbons (Fsp3) is 0.526. The molecule has 4 atom stereocenters. The quantitative estimate of drug-likeness (QED) is 0.366. The van der Waals surface area contributed by atoms with Gasteiger partial charge in [0.1, 0.15) is 12.2 Å². The first-order valence-electron chi connectivity index (χ1n) is 9.09. The summed E-state index contributed by atoms with van der Waals surface area (Å²) >= 11 is 0. The van der Waals surface area contributed by atoms with Crippen LogP contribution < -0.4 is 11.2 Å². The fourth-order valence-electron chi connectivity index (χ4n) is 3.29. The number of aryl methyl sites for hydroxylation is 1. The number of H-pyrrole nitrogens is 1. The molecule has 0 aromatic carbocycles. The minimum atomic E-state index is -1.49. The predicted molar refractivity (Wildman–Crippen MR) is 101 cm³/mol. The molecule has 1 aromatic heterocycles. The molecular formula is C19H24N2O9. The number of ether oxygens (including phenoxy) is 4. The first-order chi connectivity index (χ1) is 14.0. The molecule has 1 aliphatic heterocycles. The molecule has 2 unspecified atom stereocenters. The largest absolute Gasteiger partial charge is 0.463 e. The molecule has 1 aliphatic rings. The molecule has 1 aromatic rings. The maximum absolute atomic E-state index is 12.4. The molecule has 1 saturated heterocycles. The first-order valence-corrected chi connectivity index (χ1v) is 9.09. The minimum absolute atomic E-state index is 0.0313. The van der Waals surface area contributed by atoms with Gasteiger partial charge < -0.3 is 18.9 Å². The zero-order valence-electron chi connectivity index (χ0n) is 17.1. The summed E-state index contributed by atoms with van der Waals surface area (Å²) in [6.45, 7) is 8.25. The van der Waals surface area contributed by atoms with E-state index in [9.17, 15) is 24.0 Å². The summed E-state index contributed by atoms with van der Waals surface area (Å²) in [5, 5.41) is 0. The van der Waals surface area contributed by atoms with Gasteiger partial charge in [0.2, 0.25) is 0 Å². The molecule has 0 bridgehead atoms. The Hall–Kier alpha value is -3.21. The van der Waals surface area contributed by atoms with Crippen molar-refractivity contribution < 1.29 is 33.3 Å². The Morgan fingerprint density at radius 2 is 1.83 bits per heavy atom. The van der Waals surface area contributed by atoms with Crippen LogP contribution >= 0.6 is 0 Å². The summed E-state index contributed by atoms with van der Waals surface area (Å²) in [5.74, 6) is -2.04. The van der Waals surface area contributed by atoms with Crippen molar-refractivity contribution >= 4 is 17.9 Å². The van der Waals surface area contributed by atoms with Gasteiger partial charge in [-0.2, -0.15) is 0 Å². The van der Waals surface area contributed by atoms with E-state index in [1.165, 1.54) is 26.1 Å². The van der Waals surface area contributed by atoms with Crippen molar-refractivity contribution in [1.29, 1.82) is 0 Å². The molecule has 0 radical (unpaired) electrons. The van der Waals surface area contributed by atoms with Crippen LogP contribution in [0.4, 0.5) is 0 Å². The van der Waals surface area contributed by atoms with Crippen molar-refractivity contribution in [2.24, 2.45) is 0 Å². The zero-order valence-corrected chi connectivity index (χ0v) is 17.1. The van der Waals surface area contributed by atoms with Gasteiger partial charge in [0.15, 0.2) is 18.4 Å². The van der Waals surface area contributed by atoms with Gasteiger partial charge in [-0.1, -0.05) is 6.08 Å². The van der Waals surface area contributed by atoms with E-state index in [0.29, 0.717) is 0 Å². The Labute approximate surface area is 171 Å². The van der Waals surface area contributed by atoms with Crippen LogP contribution in [0.25, 0.3) is 0 Å². The highest BCUT2D eigenvalue weighted by Gasteiger charge is 2.60. The molecule has 30 heavy (non-hydrogen) atoms. The van der Waals surface area contributed by atoms with Crippen LogP contribution in [0.15, 0.2) is 28.4 Å². The number of aromatic amines is 1. The third kappa shape index (κ3) is 4.85. The van der Waals surface area contributed by atoms with Crippen LogP contribution in [-0.2, 0) is 33.3 Å². The van der Waals surface area contributed by atoms with E-state index in [-0.39, 0.29) is 18.6 Å². The third-order valence-electron chi connectivity index (χ3n) is 4.48. The normalized spacial score (nSPS) is 25.4. The average Bonchev–Trinajstić information content (AvgIpc) is 2.90. The Kier molecular flexibility index (Phi) is 6.98. The van der Waals surface area contributed by atoms with E-state index in [0.717, 1.165) is 18.4 Å². The maximum Gasteiger partial charge on any atom is 0.330 e. The molecule has 2 heterocycles. The lowest BCUT2D eigenvalue weighted by atomic mass is 9.92. The van der Waals surface area contributed by atoms with Crippen LogP contribution in [0.5, 0.6) is 0 Å². The van der Waals surface area contributed by atoms with Crippen LogP contribution in [0.1, 0.15) is 39.0 Å². The number of carbonyl (C=O) groups excluding carboxylic acids is 3. The Bertz CT molecular complexity index is 963. The van der Waals surface area contributed by atoms with Gasteiger partial charge in [-0.15, -0.1) is 6.58 Å². The van der Waals surface area contributed by atoms with Crippen molar-refractivity contribution in [1.82, 2.24) is 9.55 Å². The fourth-order valence-corrected chi connectivity index (χ4v) is 3.29. The van der Waals surface area contributed by atoms with Gasteiger partial charge in [-0.3, -0.25) is 28.7 Å². The number of hydrogen-bond acceptors (Lipinski definition) is 9. The van der Waals surface area contributed by atoms with Crippen molar-refractivity contribution in [2.75, 3.05) is 6.61 Å². The predicted octanol–water partition coefficient (Wildman–Crippen LogP) is 0.115. The van der Waals surface area contributed by atoms with Crippen LogP contribution in [0.3, 0.4) is 0 Å². The maximum atomic E-state index is 12.4. The monoisotopic (exact) mass is 424 g/mol. The lowest BCUT2D eigenvalue weighted by Gasteiger charge is -2.32. The highest BCUT2D eigenvalue weighted by Crippen LogP contribution is 2.43. The second-order valence-corrected chi connectivity index (χ2v) is 6.93. The average molecular weight is 424 g/mol. The number of rotatable bonds is 7. The van der Waals surface area contributed by atoms with Gasteiger partial charge in [0, 0.05) is 39.0 Å². The van der Waals surface area contributed by atoms with Crippen molar-refractivity contribution in [3.05, 3.63) is 45.3 Å². The Morgan fingerprint density at radius 1 is 1.20 bits per heavy atom. The molecule has 1 fully saturated rings. The molecule has 164 valence electrons. The summed E-state index contributed by atoms with van der Waals surface area (Å²) in [7, 11) is 0. The molecule has 0 spiro atoms. The summed E-state index contributed by atoms with van der Waals surface area (Å²) in [5.41, 5.74) is -2.71. The number of esters is 3. The molecule has 0 aliphatic carbocycles. The lowest BCUT2D eigenvalue weighted by Crippen LogP contribution is -2.50. The van der Waals surface area contributed by atoms with Gasteiger partial charge in [0.05, 0.1) is 0 Å². The molecule has 1 N–H and O–H groups in total. The highest BCUT2D eigenvalue weighted by atomic mass is 16.7. The van der Waals surface area contributed by atoms with Crippen molar-refractivity contribution in [3.63, 3.8) is 0 Å². The van der Waals surface area contributed by atoms with Gasteiger partial charge in [-0.25, -0.2) is 4.79 Å². The molecule has 2 rings (SSSR count). The highest BCUT2D eigenvalue weighted by molar-refractivity contribution is 5.68. The van der Waals surface area contributed by atoms with E-state index in [2.05, 4.69) is 11.6 Å². The van der Waals surface area contributed by atoms with E-state index < -0.39 is 53.2 Å². The molecular weight excluding hydrogens is 400 g/mol. The number of nitrogens with zero attached hydrogens (tertiary/aromatic N) is 1. The Morgan fingerprint density at radius 3 is 2.37 bits per heavy atom. The number of nitrogens with one attached hydrogen (secondary N) is 1. The summed E-state index contributed by atoms with van der Waals surface area (Å²) in [4.78, 5) is 61.4. The zero-order chi connectivity index (χ0) is 22.6. The van der Waals surface area contributed by atoms with Crippen LogP contribution in [0.2, 0.25) is 0 Å². The van der Waals surface area contributed by atoms with E-state index >= 15 is 0 Å². The molecule has 0 amide bonds. The smallest absolute Gasteiger partial charge is 0.330 e. The number of hydrogen-bond donors (Lipinski definition) is 1. The summed E-state index contributed by atoms with van der Waals surface area (Å²) in [6.07, 6.45) is -1.07. The van der Waals surface area contributed by atoms with Crippen molar-refractivity contribution in [3.8, 4) is 0 Å². The van der Waals surface area contributed by atoms with Gasteiger partial charge in [0.25, 0.3) is 5.56 Å². The van der Waals surface area contributed by atoms with Gasteiger partial charge in [-0.05, 0) is 6.92 Å². The van der Waals surface area contributed by atoms with Crippen molar-refractivity contribution in [2.45, 2.75) is 58.2 Å². The second kappa shape index (κ2) is 9.08. The number of aromatic nitrogens is 2. The van der Waals surface area contributed by atoms with E-state index in [1.54, 1.807) is 0 Å². The minimum Gasteiger partial charge on any atom is -0.463 e. The Balaban J connectivity index is 2.66. The topological polar surface area (TPSA) is 143 Å². The summed E-state index contributed by atoms with van der Waals surface area (Å²) in [6, 6.07) is 0. The number of carbonyl (C=O) groups is 3. The third-order valence-corrected chi connectivity index (χ3v) is 4.48. The SMILES string of the molecule is C=CC[C@]1(COC(C)=O)O[C@@H](n2cc(C)c(=O)[nH]c2=O)C(OC(C)=O)C1OC(C)=O. The van der Waals surface area contributed by atoms with Gasteiger partial charge >= 0.3 is 23.6 Å². The van der Waals surface area contributed by atoms with E-state index in [4.69, 9.17) is 18.9 Å². The first kappa shape index (κ1) is 23.1. The lowest BCUT2D eigenvalue weighted by molar-refractivity contribution is -0.177. The molecule has 11 heteroatoms. The molecule has 0 saturated carbocycles. The van der Waals surface area contributed by atoms with E-state index in [1.807, 2.05) is 0 Å². The van der Waals surface area contributed by atoms with Crippen LogP contribution in [-0.4, -0.2) is 51.9 Å². The second-order valence-electron chi connectivity index (χ2n) is 6.93. The standard InChI is InChI=1S/C19H24N2O9/c1-6-7-19(9-27-11(3)22)15(29-13(5)24)14(28-12(4)23)17(30-19)21-8-10(2)16(25)20-18(21)26/h6,8,14-15,17H,1,7,9H2,2-5H3,(H,20,25,26)/t14?,15?,17-,19-/m1/s1. The summed E-state index contributed by atoms with van der Waals surface area (Å²) < 4.78 is 23.0. The molecule has 11 nitrogen and oxygen atoms in total. The van der Waals surface area contributed by atoms with Crippen LogP contribution in [0, 0.1) is 6.92 Å².